The van der Waals surface area contributed by atoms with E-state index >= 15 is 0 Å². The summed E-state index contributed by atoms with van der Waals surface area (Å²) in [6.07, 6.45) is 0. The topological polar surface area (TPSA) is 56.2 Å². The third-order valence-electron chi connectivity index (χ3n) is 2.20. The predicted molar refractivity (Wildman–Crippen MR) is 54.3 cm³/mol. The van der Waals surface area contributed by atoms with Crippen LogP contribution in [0, 0.1) is 6.92 Å². The standard InChI is InChI=1S/C11H11NO2/c1-7-3-2-4-8-5-10(9(13)6-12)14-11(7)8/h2-5H,6,12H2,1H3. The molecule has 0 saturated carbocycles. The monoisotopic (exact) mass is 189 g/mol. The summed E-state index contributed by atoms with van der Waals surface area (Å²) in [5.41, 5.74) is 7.05. The number of carbonyl (C=O) groups excluding carboxylic acids is 1. The first kappa shape index (κ1) is 8.97. The molecule has 2 N–H and O–H groups in total. The number of Topliss-reactive ketones (excluding diaryl/α,β-unsaturated/α-hetero) is 1. The van der Waals surface area contributed by atoms with Crippen molar-refractivity contribution in [3.63, 3.8) is 0 Å². The SMILES string of the molecule is Cc1cccc2cc(C(=O)CN)oc12. The van der Waals surface area contributed by atoms with Crippen LogP contribution in [0.15, 0.2) is 28.7 Å². The average Bonchev–Trinajstić information content (AvgIpc) is 2.62. The number of furan rings is 1. The second-order valence-corrected chi connectivity index (χ2v) is 3.23. The summed E-state index contributed by atoms with van der Waals surface area (Å²) < 4.78 is 5.42. The molecule has 2 rings (SSSR count). The summed E-state index contributed by atoms with van der Waals surface area (Å²) in [6.45, 7) is 1.93. The summed E-state index contributed by atoms with van der Waals surface area (Å²) >= 11 is 0. The first-order chi connectivity index (χ1) is 6.72. The zero-order valence-corrected chi connectivity index (χ0v) is 7.91. The zero-order chi connectivity index (χ0) is 10.1. The molecule has 2 aromatic rings. The Hall–Kier alpha value is -1.61. The van der Waals surface area contributed by atoms with E-state index in [9.17, 15) is 4.79 Å². The van der Waals surface area contributed by atoms with E-state index in [1.54, 1.807) is 6.07 Å². The summed E-state index contributed by atoms with van der Waals surface area (Å²) in [4.78, 5) is 11.3. The minimum absolute atomic E-state index is 0.0150. The molecule has 3 nitrogen and oxygen atoms in total. The number of nitrogens with two attached hydrogens (primary N) is 1. The fraction of sp³-hybridized carbons (Fsp3) is 0.182. The molecule has 0 aliphatic carbocycles. The maximum Gasteiger partial charge on any atom is 0.211 e. The van der Waals surface area contributed by atoms with E-state index in [1.165, 1.54) is 0 Å². The Morgan fingerprint density at radius 1 is 1.50 bits per heavy atom. The third kappa shape index (κ3) is 1.32. The van der Waals surface area contributed by atoms with E-state index in [4.69, 9.17) is 10.2 Å². The maximum atomic E-state index is 11.3. The van der Waals surface area contributed by atoms with Crippen molar-refractivity contribution in [3.05, 3.63) is 35.6 Å². The number of para-hydroxylation sites is 1. The van der Waals surface area contributed by atoms with Crippen LogP contribution >= 0.6 is 0 Å². The quantitative estimate of drug-likeness (QED) is 0.734. The third-order valence-corrected chi connectivity index (χ3v) is 2.20. The normalized spacial score (nSPS) is 10.7. The van der Waals surface area contributed by atoms with Gasteiger partial charge in [0.05, 0.1) is 6.54 Å². The molecule has 0 fully saturated rings. The van der Waals surface area contributed by atoms with Gasteiger partial charge < -0.3 is 10.2 Å². The van der Waals surface area contributed by atoms with Crippen molar-refractivity contribution in [2.75, 3.05) is 6.54 Å². The molecule has 0 bridgehead atoms. The molecular weight excluding hydrogens is 178 g/mol. The lowest BCUT2D eigenvalue weighted by Gasteiger charge is -1.92. The maximum absolute atomic E-state index is 11.3. The highest BCUT2D eigenvalue weighted by Gasteiger charge is 2.10. The lowest BCUT2D eigenvalue weighted by atomic mass is 10.2. The first-order valence-electron chi connectivity index (χ1n) is 4.45. The largest absolute Gasteiger partial charge is 0.453 e. The van der Waals surface area contributed by atoms with E-state index < -0.39 is 0 Å². The van der Waals surface area contributed by atoms with Gasteiger partial charge in [0.2, 0.25) is 5.78 Å². The molecule has 1 aromatic heterocycles. The van der Waals surface area contributed by atoms with Gasteiger partial charge in [0.25, 0.3) is 0 Å². The second-order valence-electron chi connectivity index (χ2n) is 3.23. The van der Waals surface area contributed by atoms with Gasteiger partial charge in [0, 0.05) is 5.39 Å². The van der Waals surface area contributed by atoms with Crippen molar-refractivity contribution in [1.29, 1.82) is 0 Å². The van der Waals surface area contributed by atoms with Gasteiger partial charge in [-0.1, -0.05) is 18.2 Å². The van der Waals surface area contributed by atoms with Gasteiger partial charge in [-0.3, -0.25) is 4.79 Å². The number of hydrogen-bond acceptors (Lipinski definition) is 3. The van der Waals surface area contributed by atoms with Crippen molar-refractivity contribution >= 4 is 16.8 Å². The predicted octanol–water partition coefficient (Wildman–Crippen LogP) is 1.88. The molecule has 0 unspecified atom stereocenters. The van der Waals surface area contributed by atoms with Crippen LogP contribution in [0.4, 0.5) is 0 Å². The lowest BCUT2D eigenvalue weighted by molar-refractivity contribution is 0.0977. The molecule has 0 aliphatic heterocycles. The molecule has 3 heteroatoms. The smallest absolute Gasteiger partial charge is 0.211 e. The molecule has 0 radical (unpaired) electrons. The Morgan fingerprint density at radius 2 is 2.29 bits per heavy atom. The van der Waals surface area contributed by atoms with Gasteiger partial charge in [-0.25, -0.2) is 0 Å². The molecule has 0 spiro atoms. The van der Waals surface area contributed by atoms with Crippen LogP contribution < -0.4 is 5.73 Å². The Bertz CT molecular complexity index is 485. The number of aryl methyl sites for hydroxylation is 1. The van der Waals surface area contributed by atoms with E-state index in [0.29, 0.717) is 5.76 Å². The van der Waals surface area contributed by atoms with E-state index in [1.807, 2.05) is 25.1 Å². The van der Waals surface area contributed by atoms with Gasteiger partial charge in [-0.2, -0.15) is 0 Å². The van der Waals surface area contributed by atoms with E-state index in [2.05, 4.69) is 0 Å². The number of ketones is 1. The molecule has 14 heavy (non-hydrogen) atoms. The fourth-order valence-corrected chi connectivity index (χ4v) is 1.45. The number of fused-ring (bicyclic) bond motifs is 1. The average molecular weight is 189 g/mol. The van der Waals surface area contributed by atoms with E-state index in [-0.39, 0.29) is 12.3 Å². The number of carbonyl (C=O) groups is 1. The minimum atomic E-state index is -0.166. The zero-order valence-electron chi connectivity index (χ0n) is 7.91. The number of hydrogen-bond donors (Lipinski definition) is 1. The van der Waals surface area contributed by atoms with Crippen LogP contribution in [0.2, 0.25) is 0 Å². The van der Waals surface area contributed by atoms with Gasteiger partial charge in [-0.15, -0.1) is 0 Å². The molecule has 0 atom stereocenters. The van der Waals surface area contributed by atoms with Crippen LogP contribution in [-0.2, 0) is 0 Å². The lowest BCUT2D eigenvalue weighted by Crippen LogP contribution is -2.12. The van der Waals surface area contributed by atoms with Crippen molar-refractivity contribution < 1.29 is 9.21 Å². The molecule has 0 saturated heterocycles. The van der Waals surface area contributed by atoms with Gasteiger partial charge in [0.15, 0.2) is 5.76 Å². The van der Waals surface area contributed by atoms with Gasteiger partial charge >= 0.3 is 0 Å². The van der Waals surface area contributed by atoms with Crippen molar-refractivity contribution in [1.82, 2.24) is 0 Å². The Labute approximate surface area is 81.5 Å². The van der Waals surface area contributed by atoms with Crippen molar-refractivity contribution in [3.8, 4) is 0 Å². The highest BCUT2D eigenvalue weighted by atomic mass is 16.3. The Morgan fingerprint density at radius 3 is 2.93 bits per heavy atom. The summed E-state index contributed by atoms with van der Waals surface area (Å²) in [6, 6.07) is 7.53. The summed E-state index contributed by atoms with van der Waals surface area (Å²) in [5.74, 6) is 0.178. The second kappa shape index (κ2) is 3.27. The number of rotatable bonds is 2. The molecule has 1 aromatic carbocycles. The highest BCUT2D eigenvalue weighted by Crippen LogP contribution is 2.22. The van der Waals surface area contributed by atoms with Gasteiger partial charge in [-0.05, 0) is 18.6 Å². The summed E-state index contributed by atoms with van der Waals surface area (Å²) in [7, 11) is 0. The number of benzene rings is 1. The molecule has 72 valence electrons. The van der Waals surface area contributed by atoms with Crippen LogP contribution in [0.5, 0.6) is 0 Å². The van der Waals surface area contributed by atoms with Crippen LogP contribution in [-0.4, -0.2) is 12.3 Å². The van der Waals surface area contributed by atoms with Gasteiger partial charge in [0.1, 0.15) is 5.58 Å². The fourth-order valence-electron chi connectivity index (χ4n) is 1.45. The molecular formula is C11H11NO2. The Kier molecular flexibility index (Phi) is 2.09. The molecule has 0 aliphatic rings. The van der Waals surface area contributed by atoms with Crippen molar-refractivity contribution in [2.45, 2.75) is 6.92 Å². The van der Waals surface area contributed by atoms with Crippen LogP contribution in [0.25, 0.3) is 11.0 Å². The molecule has 1 heterocycles. The summed E-state index contributed by atoms with van der Waals surface area (Å²) in [5, 5.41) is 0.946. The van der Waals surface area contributed by atoms with Crippen LogP contribution in [0.3, 0.4) is 0 Å². The minimum Gasteiger partial charge on any atom is -0.453 e. The molecule has 0 amide bonds. The highest BCUT2D eigenvalue weighted by molar-refractivity contribution is 5.99. The Balaban J connectivity index is 2.62. The van der Waals surface area contributed by atoms with Crippen molar-refractivity contribution in [2.24, 2.45) is 5.73 Å². The van der Waals surface area contributed by atoms with Crippen LogP contribution in [0.1, 0.15) is 16.1 Å². The van der Waals surface area contributed by atoms with E-state index in [0.717, 1.165) is 16.5 Å². The first-order valence-corrected chi connectivity index (χ1v) is 4.45.